The zero-order chi connectivity index (χ0) is 9.35. The fourth-order valence-electron chi connectivity index (χ4n) is 0.817. The molecule has 0 unspecified atom stereocenters. The van der Waals surface area contributed by atoms with Gasteiger partial charge in [-0.3, -0.25) is 0 Å². The normalized spacial score (nSPS) is 10.1. The summed E-state index contributed by atoms with van der Waals surface area (Å²) in [7, 11) is 5.32. The largest absolute Gasteiger partial charge is 0.870 e. The molecule has 14 heavy (non-hydrogen) atoms. The van der Waals surface area contributed by atoms with Crippen molar-refractivity contribution in [1.82, 2.24) is 0 Å². The van der Waals surface area contributed by atoms with Crippen LogP contribution in [-0.2, 0) is 6.18 Å². The minimum atomic E-state index is -4.30. The third-order valence-corrected chi connectivity index (χ3v) is 1.61. The predicted molar refractivity (Wildman–Crippen MR) is 45.4 cm³/mol. The summed E-state index contributed by atoms with van der Waals surface area (Å²) in [5.74, 6) is 0. The number of halogens is 3. The summed E-state index contributed by atoms with van der Waals surface area (Å²) in [4.78, 5) is 0. The molecule has 6 heteroatoms. The molecule has 0 fully saturated rings. The average Bonchev–Trinajstić information content (AvgIpc) is 1.92. The Balaban J connectivity index is 0. The Labute approximate surface area is 80.8 Å². The maximum Gasteiger partial charge on any atom is -0.870 e. The molecule has 2 nitrogen and oxygen atoms in total. The van der Waals surface area contributed by atoms with E-state index in [0.29, 0.717) is 5.56 Å². The van der Waals surface area contributed by atoms with Gasteiger partial charge in [0.1, 0.15) is 0 Å². The molecule has 0 radical (unpaired) electrons. The van der Waals surface area contributed by atoms with Crippen molar-refractivity contribution in [2.75, 3.05) is 0 Å². The Morgan fingerprint density at radius 1 is 1.14 bits per heavy atom. The van der Waals surface area contributed by atoms with Crippen molar-refractivity contribution in [3.8, 4) is 0 Å². The van der Waals surface area contributed by atoms with Crippen LogP contribution in [0.5, 0.6) is 0 Å². The second-order valence-corrected chi connectivity index (χ2v) is 2.57. The van der Waals surface area contributed by atoms with E-state index in [1.165, 1.54) is 6.07 Å². The summed E-state index contributed by atoms with van der Waals surface area (Å²) < 4.78 is 36.1. The van der Waals surface area contributed by atoms with Gasteiger partial charge in [0, 0.05) is 0 Å². The number of hydrogen-bond acceptors (Lipinski definition) is 2. The number of alkyl halides is 3. The molecule has 0 bridgehead atoms. The van der Waals surface area contributed by atoms with Gasteiger partial charge < -0.3 is 11.0 Å². The van der Waals surface area contributed by atoms with Crippen LogP contribution >= 0.6 is 0 Å². The quantitative estimate of drug-likeness (QED) is 0.600. The van der Waals surface area contributed by atoms with Crippen LogP contribution in [0.2, 0.25) is 0 Å². The monoisotopic (exact) mass is 204 g/mol. The Morgan fingerprint density at radius 3 is 2.00 bits per heavy atom. The first-order valence-electron chi connectivity index (χ1n) is 3.34. The summed E-state index contributed by atoms with van der Waals surface area (Å²) in [6.07, 6.45) is -4.30. The van der Waals surface area contributed by atoms with E-state index in [-0.39, 0.29) is 16.4 Å². The molecular formula is C8H8BF3O2. The van der Waals surface area contributed by atoms with Crippen molar-refractivity contribution in [3.63, 3.8) is 0 Å². The first-order chi connectivity index (χ1) is 5.41. The number of rotatable bonds is 0. The molecule has 0 spiro atoms. The van der Waals surface area contributed by atoms with Gasteiger partial charge in [0.2, 0.25) is 0 Å². The van der Waals surface area contributed by atoms with E-state index < -0.39 is 11.7 Å². The van der Waals surface area contributed by atoms with E-state index in [1.807, 2.05) is 0 Å². The molecule has 0 atom stereocenters. The second-order valence-electron chi connectivity index (χ2n) is 2.57. The minimum absolute atomic E-state index is 0. The molecule has 0 aliphatic heterocycles. The van der Waals surface area contributed by atoms with Crippen molar-refractivity contribution < 1.29 is 24.1 Å². The molecule has 0 aliphatic carbocycles. The molecule has 0 aromatic heterocycles. The average molecular weight is 204 g/mol. The van der Waals surface area contributed by atoms with Crippen LogP contribution in [0.4, 0.5) is 13.2 Å². The van der Waals surface area contributed by atoms with E-state index in [0.717, 1.165) is 12.1 Å². The standard InChI is InChI=1S/C8H6BF3.2H2O/c1-5-2-3-6(4-7(5)9)8(10,11)12;;/h2-4H,1H3;2*1H2/q+2;;/p-2. The van der Waals surface area contributed by atoms with Crippen molar-refractivity contribution in [3.05, 3.63) is 29.3 Å². The van der Waals surface area contributed by atoms with Crippen molar-refractivity contribution in [2.45, 2.75) is 13.1 Å². The summed E-state index contributed by atoms with van der Waals surface area (Å²) in [5.41, 5.74) is 0.124. The van der Waals surface area contributed by atoms with Gasteiger partial charge in [-0.1, -0.05) is 0 Å². The number of aryl methyl sites for hydroxylation is 1. The maximum absolute atomic E-state index is 12.0. The third kappa shape index (κ3) is 3.39. The zero-order valence-corrected chi connectivity index (χ0v) is 7.34. The maximum atomic E-state index is 12.0. The van der Waals surface area contributed by atoms with Gasteiger partial charge in [0.15, 0.2) is 0 Å². The molecule has 1 aromatic rings. The van der Waals surface area contributed by atoms with Crippen LogP contribution in [0.3, 0.4) is 0 Å². The predicted octanol–water partition coefficient (Wildman–Crippen LogP) is 1.45. The van der Waals surface area contributed by atoms with Crippen LogP contribution in [-0.4, -0.2) is 18.8 Å². The molecule has 0 saturated heterocycles. The van der Waals surface area contributed by atoms with Crippen LogP contribution in [0.15, 0.2) is 18.2 Å². The van der Waals surface area contributed by atoms with E-state index in [4.69, 9.17) is 7.85 Å². The number of hydrogen-bond donors (Lipinski definition) is 0. The van der Waals surface area contributed by atoms with Crippen LogP contribution < -0.4 is 5.46 Å². The molecule has 0 heterocycles. The molecule has 76 valence electrons. The fraction of sp³-hybridized carbons (Fsp3) is 0.250. The summed E-state index contributed by atoms with van der Waals surface area (Å²) in [5, 5.41) is 0. The Morgan fingerprint density at radius 2 is 1.64 bits per heavy atom. The van der Waals surface area contributed by atoms with Crippen LogP contribution in [0.25, 0.3) is 0 Å². The molecule has 1 aromatic carbocycles. The third-order valence-electron chi connectivity index (χ3n) is 1.61. The van der Waals surface area contributed by atoms with Crippen molar-refractivity contribution in [1.29, 1.82) is 0 Å². The zero-order valence-electron chi connectivity index (χ0n) is 7.34. The summed E-state index contributed by atoms with van der Waals surface area (Å²) >= 11 is 0. The Kier molecular flexibility index (Phi) is 5.55. The molecule has 0 amide bonds. The Bertz CT molecular complexity index is 299. The molecule has 0 saturated carbocycles. The van der Waals surface area contributed by atoms with E-state index >= 15 is 0 Å². The first-order valence-corrected chi connectivity index (χ1v) is 3.34. The fourth-order valence-corrected chi connectivity index (χ4v) is 0.817. The van der Waals surface area contributed by atoms with E-state index in [1.54, 1.807) is 6.92 Å². The van der Waals surface area contributed by atoms with Crippen LogP contribution in [0, 0.1) is 6.92 Å². The van der Waals surface area contributed by atoms with Gasteiger partial charge in [-0.15, -0.1) is 0 Å². The molecule has 1 rings (SSSR count). The van der Waals surface area contributed by atoms with E-state index in [9.17, 15) is 13.2 Å². The van der Waals surface area contributed by atoms with E-state index in [2.05, 4.69) is 0 Å². The summed E-state index contributed by atoms with van der Waals surface area (Å²) in [6, 6.07) is 3.32. The Hall–Kier alpha value is -1.01. The van der Waals surface area contributed by atoms with Gasteiger partial charge in [-0.2, -0.15) is 0 Å². The molecular weight excluding hydrogens is 196 g/mol. The van der Waals surface area contributed by atoms with Crippen molar-refractivity contribution >= 4 is 13.3 Å². The van der Waals surface area contributed by atoms with Gasteiger partial charge in [0.25, 0.3) is 0 Å². The number of benzene rings is 1. The van der Waals surface area contributed by atoms with Gasteiger partial charge >= 0.3 is 68.9 Å². The van der Waals surface area contributed by atoms with Gasteiger partial charge in [-0.25, -0.2) is 0 Å². The summed E-state index contributed by atoms with van der Waals surface area (Å²) in [6.45, 7) is 1.66. The minimum Gasteiger partial charge on any atom is -0.870 e. The second kappa shape index (κ2) is 5.02. The van der Waals surface area contributed by atoms with Gasteiger partial charge in [-0.05, 0) is 0 Å². The van der Waals surface area contributed by atoms with Crippen molar-refractivity contribution in [2.24, 2.45) is 0 Å². The molecule has 2 N–H and O–H groups in total. The first kappa shape index (κ1) is 15.5. The van der Waals surface area contributed by atoms with Crippen LogP contribution in [0.1, 0.15) is 11.1 Å². The SMILES string of the molecule is [B+2]c1cc(C(F)(F)F)ccc1C.[OH-].[OH-]. The smallest absolute Gasteiger partial charge is 0.870 e. The molecule has 0 aliphatic rings. The topological polar surface area (TPSA) is 60.0 Å². The van der Waals surface area contributed by atoms with Gasteiger partial charge in [0.05, 0.1) is 0 Å².